The summed E-state index contributed by atoms with van der Waals surface area (Å²) in [6.07, 6.45) is 3.09. The van der Waals surface area contributed by atoms with Gasteiger partial charge in [-0.15, -0.1) is 0 Å². The van der Waals surface area contributed by atoms with Gasteiger partial charge in [-0.05, 0) is 24.7 Å². The van der Waals surface area contributed by atoms with Crippen LogP contribution in [0, 0.1) is 11.8 Å². The zero-order chi connectivity index (χ0) is 15.2. The number of rotatable bonds is 8. The van der Waals surface area contributed by atoms with Crippen LogP contribution < -0.4 is 0 Å². The highest BCUT2D eigenvalue weighted by molar-refractivity contribution is 5.83. The molecule has 0 radical (unpaired) electrons. The van der Waals surface area contributed by atoms with E-state index in [-0.39, 0.29) is 5.92 Å². The lowest BCUT2D eigenvalue weighted by molar-refractivity contribution is -0.136. The number of carbonyl (C=O) groups excluding carboxylic acids is 1. The van der Waals surface area contributed by atoms with Crippen molar-refractivity contribution in [3.05, 3.63) is 11.6 Å². The summed E-state index contributed by atoms with van der Waals surface area (Å²) in [4.78, 5) is 11.0. The first kappa shape index (κ1) is 17.1. The average molecular weight is 292 g/mol. The van der Waals surface area contributed by atoms with Crippen LogP contribution >= 0.6 is 0 Å². The Bertz CT molecular complexity index is 348. The van der Waals surface area contributed by atoms with Gasteiger partial charge in [0.15, 0.2) is 0 Å². The quantitative estimate of drug-likeness (QED) is 0.370. The summed E-state index contributed by atoms with van der Waals surface area (Å²) in [5, 5.41) is 0. The molecule has 0 saturated heterocycles. The predicted molar refractivity (Wildman–Crippen MR) is 71.1 cm³/mol. The lowest BCUT2D eigenvalue weighted by atomic mass is 10.0. The zero-order valence-corrected chi connectivity index (χ0v) is 12.1. The smallest absolute Gasteiger partial charge is 0.413 e. The summed E-state index contributed by atoms with van der Waals surface area (Å²) in [5.41, 5.74) is -0.720. The molecule has 0 amide bonds. The molecule has 1 aliphatic rings. The van der Waals surface area contributed by atoms with Crippen LogP contribution in [0.4, 0.5) is 13.2 Å². The van der Waals surface area contributed by atoms with Crippen LogP contribution in [0.25, 0.3) is 0 Å². The zero-order valence-electron chi connectivity index (χ0n) is 12.1. The number of hydrogen-bond acceptors (Lipinski definition) is 2. The van der Waals surface area contributed by atoms with Gasteiger partial charge in [0.1, 0.15) is 0 Å². The monoisotopic (exact) mass is 292 g/mol. The van der Waals surface area contributed by atoms with Gasteiger partial charge in [-0.25, -0.2) is 4.79 Å². The van der Waals surface area contributed by atoms with E-state index in [4.69, 9.17) is 0 Å². The predicted octanol–water partition coefficient (Wildman–Crippen LogP) is 4.64. The van der Waals surface area contributed by atoms with Gasteiger partial charge < -0.3 is 4.74 Å². The van der Waals surface area contributed by atoms with Gasteiger partial charge in [-0.1, -0.05) is 39.0 Å². The fourth-order valence-corrected chi connectivity index (χ4v) is 2.54. The third-order valence-electron chi connectivity index (χ3n) is 3.80. The highest BCUT2D eigenvalue weighted by Gasteiger charge is 2.49. The van der Waals surface area contributed by atoms with E-state index in [0.29, 0.717) is 12.5 Å². The number of allylic oxidation sites excluding steroid dienone is 1. The van der Waals surface area contributed by atoms with Gasteiger partial charge in [-0.3, -0.25) is 0 Å². The Balaban J connectivity index is 2.44. The second kappa shape index (κ2) is 7.70. The molecule has 0 heterocycles. The molecule has 0 aromatic rings. The lowest BCUT2D eigenvalue weighted by Crippen LogP contribution is -2.16. The van der Waals surface area contributed by atoms with Crippen LogP contribution in [0.15, 0.2) is 11.6 Å². The van der Waals surface area contributed by atoms with Crippen molar-refractivity contribution in [3.8, 4) is 0 Å². The Morgan fingerprint density at radius 3 is 2.45 bits per heavy atom. The van der Waals surface area contributed by atoms with E-state index in [1.54, 1.807) is 0 Å². The van der Waals surface area contributed by atoms with Crippen molar-refractivity contribution in [2.24, 2.45) is 11.8 Å². The number of ether oxygens (including phenoxy) is 1. The van der Waals surface area contributed by atoms with Crippen molar-refractivity contribution in [1.82, 2.24) is 0 Å². The minimum atomic E-state index is -4.43. The molecule has 1 fully saturated rings. The first-order valence-electron chi connectivity index (χ1n) is 7.26. The standard InChI is InChI=1S/C15H23F3O2/c1-3-4-5-6-7-8-11-9-12(11)13(15(16,17)18)10-14(19)20-2/h10-12H,3-9H2,1-2H3/b13-10+/t11-,12-/m1/s1. The molecule has 0 spiro atoms. The molecule has 0 aliphatic heterocycles. The largest absolute Gasteiger partial charge is 0.466 e. The number of esters is 1. The van der Waals surface area contributed by atoms with Crippen molar-refractivity contribution in [2.45, 2.75) is 58.0 Å². The van der Waals surface area contributed by atoms with Crippen LogP contribution in [0.2, 0.25) is 0 Å². The number of alkyl halides is 3. The maximum atomic E-state index is 12.9. The lowest BCUT2D eigenvalue weighted by Gasteiger charge is -2.11. The maximum Gasteiger partial charge on any atom is 0.413 e. The minimum absolute atomic E-state index is 0.0779. The molecule has 1 saturated carbocycles. The highest BCUT2D eigenvalue weighted by atomic mass is 19.4. The van der Waals surface area contributed by atoms with Gasteiger partial charge in [0.2, 0.25) is 0 Å². The Labute approximate surface area is 118 Å². The number of methoxy groups -OCH3 is 1. The highest BCUT2D eigenvalue weighted by Crippen LogP contribution is 2.52. The minimum Gasteiger partial charge on any atom is -0.466 e. The SMILES string of the molecule is CCCCCCC[C@@H]1C[C@H]1/C(=C\C(=O)OC)C(F)(F)F. The summed E-state index contributed by atoms with van der Waals surface area (Å²) in [6, 6.07) is 0. The Morgan fingerprint density at radius 2 is 1.90 bits per heavy atom. The molecule has 2 nitrogen and oxygen atoms in total. The van der Waals surface area contributed by atoms with Crippen LogP contribution in [0.5, 0.6) is 0 Å². The first-order chi connectivity index (χ1) is 9.40. The van der Waals surface area contributed by atoms with Crippen LogP contribution in [0.1, 0.15) is 51.9 Å². The number of carbonyl (C=O) groups is 1. The second-order valence-corrected chi connectivity index (χ2v) is 5.43. The molecule has 116 valence electrons. The summed E-state index contributed by atoms with van der Waals surface area (Å²) in [6.45, 7) is 2.13. The normalized spacial score (nSPS) is 22.8. The molecule has 0 N–H and O–H groups in total. The van der Waals surface area contributed by atoms with E-state index in [9.17, 15) is 18.0 Å². The molecule has 5 heteroatoms. The van der Waals surface area contributed by atoms with Gasteiger partial charge in [0, 0.05) is 11.6 Å². The summed E-state index contributed by atoms with van der Waals surface area (Å²) in [5.74, 6) is -1.36. The number of hydrogen-bond donors (Lipinski definition) is 0. The first-order valence-corrected chi connectivity index (χ1v) is 7.26. The molecule has 20 heavy (non-hydrogen) atoms. The van der Waals surface area contributed by atoms with Gasteiger partial charge in [-0.2, -0.15) is 13.2 Å². The van der Waals surface area contributed by atoms with Gasteiger partial charge >= 0.3 is 12.1 Å². The van der Waals surface area contributed by atoms with Crippen molar-refractivity contribution in [1.29, 1.82) is 0 Å². The van der Waals surface area contributed by atoms with Crippen LogP contribution in [-0.2, 0) is 9.53 Å². The molecule has 1 rings (SSSR count). The number of halogens is 3. The Hall–Kier alpha value is -1.00. The topological polar surface area (TPSA) is 26.3 Å². The Morgan fingerprint density at radius 1 is 1.25 bits per heavy atom. The Kier molecular flexibility index (Phi) is 6.56. The average Bonchev–Trinajstić information content (AvgIpc) is 3.13. The summed E-state index contributed by atoms with van der Waals surface area (Å²) < 4.78 is 43.0. The fraction of sp³-hybridized carbons (Fsp3) is 0.800. The van der Waals surface area contributed by atoms with E-state index < -0.39 is 23.6 Å². The molecule has 0 unspecified atom stereocenters. The van der Waals surface area contributed by atoms with Gasteiger partial charge in [0.05, 0.1) is 7.11 Å². The van der Waals surface area contributed by atoms with Crippen LogP contribution in [0.3, 0.4) is 0 Å². The molecule has 1 aliphatic carbocycles. The fourth-order valence-electron chi connectivity index (χ4n) is 2.54. The second-order valence-electron chi connectivity index (χ2n) is 5.43. The number of unbranched alkanes of at least 4 members (excludes halogenated alkanes) is 4. The third kappa shape index (κ3) is 5.55. The van der Waals surface area contributed by atoms with Crippen molar-refractivity contribution < 1.29 is 22.7 Å². The van der Waals surface area contributed by atoms with E-state index in [0.717, 1.165) is 39.2 Å². The van der Waals surface area contributed by atoms with E-state index in [1.165, 1.54) is 6.42 Å². The molecular formula is C15H23F3O2. The van der Waals surface area contributed by atoms with Crippen molar-refractivity contribution >= 4 is 5.97 Å². The summed E-state index contributed by atoms with van der Waals surface area (Å²) >= 11 is 0. The summed E-state index contributed by atoms with van der Waals surface area (Å²) in [7, 11) is 1.09. The molecule has 0 aromatic carbocycles. The van der Waals surface area contributed by atoms with E-state index in [2.05, 4.69) is 11.7 Å². The van der Waals surface area contributed by atoms with Crippen molar-refractivity contribution in [2.75, 3.05) is 7.11 Å². The van der Waals surface area contributed by atoms with E-state index >= 15 is 0 Å². The molecule has 0 bridgehead atoms. The molecule has 0 aromatic heterocycles. The molecule has 2 atom stereocenters. The molecular weight excluding hydrogens is 269 g/mol. The van der Waals surface area contributed by atoms with Crippen molar-refractivity contribution in [3.63, 3.8) is 0 Å². The third-order valence-corrected chi connectivity index (χ3v) is 3.80. The van der Waals surface area contributed by atoms with Crippen LogP contribution in [-0.4, -0.2) is 19.3 Å². The van der Waals surface area contributed by atoms with E-state index in [1.807, 2.05) is 0 Å². The van der Waals surface area contributed by atoms with Gasteiger partial charge in [0.25, 0.3) is 0 Å². The maximum absolute atomic E-state index is 12.9.